The summed E-state index contributed by atoms with van der Waals surface area (Å²) < 4.78 is 5.44. The van der Waals surface area contributed by atoms with Crippen LogP contribution in [0, 0.1) is 5.92 Å². The standard InChI is InChI=1S/C14H18N2O4/c1-2-20-11-5-9(6-11)7-13(17)16-12-8-10(14(18)19)3-4-15-12/h3-4,8-9,11H,2,5-7H2,1H3,(H,18,19)(H,15,16,17). The van der Waals surface area contributed by atoms with Crippen LogP contribution < -0.4 is 5.32 Å². The van der Waals surface area contributed by atoms with E-state index in [9.17, 15) is 9.59 Å². The van der Waals surface area contributed by atoms with Gasteiger partial charge in [-0.3, -0.25) is 4.79 Å². The Morgan fingerprint density at radius 2 is 2.25 bits per heavy atom. The van der Waals surface area contributed by atoms with Gasteiger partial charge >= 0.3 is 5.97 Å². The number of amides is 1. The molecule has 2 N–H and O–H groups in total. The number of nitrogens with one attached hydrogen (secondary N) is 1. The molecule has 1 aliphatic rings. The maximum Gasteiger partial charge on any atom is 0.335 e. The van der Waals surface area contributed by atoms with Crippen molar-refractivity contribution >= 4 is 17.7 Å². The fourth-order valence-electron chi connectivity index (χ4n) is 2.30. The SMILES string of the molecule is CCOC1CC(CC(=O)Nc2cc(C(=O)O)ccn2)C1. The van der Waals surface area contributed by atoms with E-state index in [1.807, 2.05) is 6.92 Å². The first-order chi connectivity index (χ1) is 9.58. The van der Waals surface area contributed by atoms with Crippen LogP contribution in [0.3, 0.4) is 0 Å². The van der Waals surface area contributed by atoms with E-state index in [4.69, 9.17) is 9.84 Å². The molecule has 0 atom stereocenters. The zero-order chi connectivity index (χ0) is 14.5. The van der Waals surface area contributed by atoms with E-state index in [2.05, 4.69) is 10.3 Å². The van der Waals surface area contributed by atoms with Gasteiger partial charge in [0.2, 0.25) is 5.91 Å². The lowest BCUT2D eigenvalue weighted by molar-refractivity contribution is -0.119. The molecule has 6 nitrogen and oxygen atoms in total. The molecule has 0 spiro atoms. The van der Waals surface area contributed by atoms with Crippen LogP contribution in [0.25, 0.3) is 0 Å². The average Bonchev–Trinajstić information content (AvgIpc) is 2.36. The summed E-state index contributed by atoms with van der Waals surface area (Å²) in [6.07, 6.45) is 3.88. The van der Waals surface area contributed by atoms with Gasteiger partial charge in [-0.25, -0.2) is 9.78 Å². The van der Waals surface area contributed by atoms with E-state index < -0.39 is 5.97 Å². The molecule has 1 aromatic heterocycles. The van der Waals surface area contributed by atoms with Crippen molar-refractivity contribution < 1.29 is 19.4 Å². The zero-order valence-corrected chi connectivity index (χ0v) is 11.3. The van der Waals surface area contributed by atoms with Gasteiger partial charge in [0.05, 0.1) is 11.7 Å². The largest absolute Gasteiger partial charge is 0.478 e. The van der Waals surface area contributed by atoms with Crippen LogP contribution in [0.15, 0.2) is 18.3 Å². The van der Waals surface area contributed by atoms with Gasteiger partial charge in [-0.1, -0.05) is 0 Å². The first-order valence-electron chi connectivity index (χ1n) is 6.69. The van der Waals surface area contributed by atoms with Crippen LogP contribution in [-0.4, -0.2) is 34.7 Å². The summed E-state index contributed by atoms with van der Waals surface area (Å²) in [5, 5.41) is 11.5. The summed E-state index contributed by atoms with van der Waals surface area (Å²) >= 11 is 0. The lowest BCUT2D eigenvalue weighted by Gasteiger charge is -2.34. The number of hydrogen-bond acceptors (Lipinski definition) is 4. The number of pyridine rings is 1. The summed E-state index contributed by atoms with van der Waals surface area (Å²) in [6.45, 7) is 2.66. The summed E-state index contributed by atoms with van der Waals surface area (Å²) in [6, 6.07) is 2.74. The van der Waals surface area contributed by atoms with Gasteiger partial charge in [0.1, 0.15) is 5.82 Å². The fraction of sp³-hybridized carbons (Fsp3) is 0.500. The highest BCUT2D eigenvalue weighted by atomic mass is 16.5. The Hall–Kier alpha value is -1.95. The van der Waals surface area contributed by atoms with Crippen molar-refractivity contribution in [3.05, 3.63) is 23.9 Å². The van der Waals surface area contributed by atoms with E-state index in [-0.39, 0.29) is 23.4 Å². The molecular formula is C14H18N2O4. The van der Waals surface area contributed by atoms with Crippen molar-refractivity contribution in [1.29, 1.82) is 0 Å². The smallest absolute Gasteiger partial charge is 0.335 e. The van der Waals surface area contributed by atoms with E-state index in [0.29, 0.717) is 18.9 Å². The number of aromatic carboxylic acids is 1. The molecule has 20 heavy (non-hydrogen) atoms. The van der Waals surface area contributed by atoms with Gasteiger partial charge in [0.25, 0.3) is 0 Å². The van der Waals surface area contributed by atoms with Crippen LogP contribution in [0.4, 0.5) is 5.82 Å². The number of anilines is 1. The normalized spacial score (nSPS) is 21.1. The molecule has 0 bridgehead atoms. The van der Waals surface area contributed by atoms with Gasteiger partial charge in [-0.05, 0) is 37.8 Å². The third-order valence-corrected chi connectivity index (χ3v) is 3.34. The number of carboxylic acids is 1. The molecule has 1 fully saturated rings. The van der Waals surface area contributed by atoms with Crippen LogP contribution in [0.1, 0.15) is 36.5 Å². The number of rotatable bonds is 6. The minimum atomic E-state index is -1.04. The quantitative estimate of drug-likeness (QED) is 0.830. The van der Waals surface area contributed by atoms with Crippen molar-refractivity contribution in [3.63, 3.8) is 0 Å². The molecule has 1 aliphatic carbocycles. The van der Waals surface area contributed by atoms with Crippen LogP contribution in [0.5, 0.6) is 0 Å². The maximum atomic E-state index is 11.8. The Bertz CT molecular complexity index is 498. The number of nitrogens with zero attached hydrogens (tertiary/aromatic N) is 1. The minimum absolute atomic E-state index is 0.107. The van der Waals surface area contributed by atoms with Crippen molar-refractivity contribution in [2.24, 2.45) is 5.92 Å². The van der Waals surface area contributed by atoms with Gasteiger partial charge in [0, 0.05) is 19.2 Å². The third kappa shape index (κ3) is 3.77. The van der Waals surface area contributed by atoms with Crippen LogP contribution >= 0.6 is 0 Å². The molecule has 0 unspecified atom stereocenters. The Morgan fingerprint density at radius 1 is 1.50 bits per heavy atom. The fourth-order valence-corrected chi connectivity index (χ4v) is 2.30. The zero-order valence-electron chi connectivity index (χ0n) is 11.3. The molecule has 0 radical (unpaired) electrons. The molecule has 1 saturated carbocycles. The first kappa shape index (κ1) is 14.5. The average molecular weight is 278 g/mol. The van der Waals surface area contributed by atoms with Gasteiger partial charge < -0.3 is 15.2 Å². The van der Waals surface area contributed by atoms with Crippen LogP contribution in [-0.2, 0) is 9.53 Å². The lowest BCUT2D eigenvalue weighted by Crippen LogP contribution is -2.34. The van der Waals surface area contributed by atoms with Gasteiger partial charge in [-0.15, -0.1) is 0 Å². The monoisotopic (exact) mass is 278 g/mol. The Labute approximate surface area is 117 Å². The molecule has 2 rings (SSSR count). The molecule has 1 heterocycles. The number of aromatic nitrogens is 1. The molecule has 1 amide bonds. The Balaban J connectivity index is 1.80. The highest BCUT2D eigenvalue weighted by Gasteiger charge is 2.31. The number of carbonyl (C=O) groups excluding carboxylic acids is 1. The molecule has 6 heteroatoms. The molecular weight excluding hydrogens is 260 g/mol. The number of ether oxygens (including phenoxy) is 1. The summed E-state index contributed by atoms with van der Waals surface area (Å²) in [5.74, 6) is -0.564. The molecule has 0 aromatic carbocycles. The predicted octanol–water partition coefficient (Wildman–Crippen LogP) is 1.92. The number of carbonyl (C=O) groups is 2. The lowest BCUT2D eigenvalue weighted by atomic mass is 9.80. The Kier molecular flexibility index (Phi) is 4.68. The molecule has 108 valence electrons. The number of carboxylic acid groups (broad SMARTS) is 1. The van der Waals surface area contributed by atoms with E-state index >= 15 is 0 Å². The van der Waals surface area contributed by atoms with Crippen molar-refractivity contribution in [2.75, 3.05) is 11.9 Å². The summed E-state index contributed by atoms with van der Waals surface area (Å²) in [5.41, 5.74) is 0.107. The second kappa shape index (κ2) is 6.47. The summed E-state index contributed by atoms with van der Waals surface area (Å²) in [7, 11) is 0. The van der Waals surface area contributed by atoms with Crippen molar-refractivity contribution in [2.45, 2.75) is 32.3 Å². The summed E-state index contributed by atoms with van der Waals surface area (Å²) in [4.78, 5) is 26.6. The second-order valence-electron chi connectivity index (χ2n) is 4.90. The van der Waals surface area contributed by atoms with E-state index in [1.165, 1.54) is 18.3 Å². The maximum absolute atomic E-state index is 11.8. The van der Waals surface area contributed by atoms with Gasteiger partial charge in [-0.2, -0.15) is 0 Å². The van der Waals surface area contributed by atoms with Crippen molar-refractivity contribution in [1.82, 2.24) is 4.98 Å². The Morgan fingerprint density at radius 3 is 2.90 bits per heavy atom. The van der Waals surface area contributed by atoms with Crippen molar-refractivity contribution in [3.8, 4) is 0 Å². The topological polar surface area (TPSA) is 88.5 Å². The third-order valence-electron chi connectivity index (χ3n) is 3.34. The second-order valence-corrected chi connectivity index (χ2v) is 4.90. The predicted molar refractivity (Wildman–Crippen MR) is 72.6 cm³/mol. The van der Waals surface area contributed by atoms with Gasteiger partial charge in [0.15, 0.2) is 0 Å². The van der Waals surface area contributed by atoms with E-state index in [0.717, 1.165) is 12.8 Å². The number of hydrogen-bond donors (Lipinski definition) is 2. The highest BCUT2D eigenvalue weighted by molar-refractivity contribution is 5.92. The highest BCUT2D eigenvalue weighted by Crippen LogP contribution is 2.32. The minimum Gasteiger partial charge on any atom is -0.478 e. The van der Waals surface area contributed by atoms with E-state index in [1.54, 1.807) is 0 Å². The first-order valence-corrected chi connectivity index (χ1v) is 6.69. The van der Waals surface area contributed by atoms with Crippen LogP contribution in [0.2, 0.25) is 0 Å². The molecule has 0 aliphatic heterocycles. The molecule has 1 aromatic rings. The molecule has 0 saturated heterocycles.